The van der Waals surface area contributed by atoms with Crippen LogP contribution >= 0.6 is 15.9 Å². The summed E-state index contributed by atoms with van der Waals surface area (Å²) in [5, 5.41) is 3.03. The zero-order valence-electron chi connectivity index (χ0n) is 13.9. The fraction of sp³-hybridized carbons (Fsp3) is 0.500. The Labute approximate surface area is 145 Å². The van der Waals surface area contributed by atoms with Crippen LogP contribution in [0.3, 0.4) is 0 Å². The molecule has 1 saturated carbocycles. The van der Waals surface area contributed by atoms with Crippen molar-refractivity contribution in [1.29, 1.82) is 0 Å². The molecule has 124 valence electrons. The van der Waals surface area contributed by atoms with Crippen LogP contribution in [0.5, 0.6) is 11.5 Å². The molecule has 1 fully saturated rings. The first-order chi connectivity index (χ1) is 10.8. The number of hydrogen-bond acceptors (Lipinski definition) is 3. The molecule has 0 aromatic heterocycles. The van der Waals surface area contributed by atoms with Gasteiger partial charge in [0, 0.05) is 16.6 Å². The second-order valence-corrected chi connectivity index (χ2v) is 7.89. The van der Waals surface area contributed by atoms with E-state index in [2.05, 4.69) is 55.0 Å². The molecule has 5 heteroatoms. The van der Waals surface area contributed by atoms with Crippen molar-refractivity contribution < 1.29 is 14.3 Å². The Kier molecular flexibility index (Phi) is 4.17. The molecule has 1 aromatic carbocycles. The minimum atomic E-state index is -0.00231. The number of hydrogen-bond donors (Lipinski definition) is 1. The van der Waals surface area contributed by atoms with E-state index in [0.717, 1.165) is 10.2 Å². The largest absolute Gasteiger partial charge is 0.486 e. The number of carbonyl (C=O) groups is 1. The van der Waals surface area contributed by atoms with E-state index in [1.165, 1.54) is 5.57 Å². The summed E-state index contributed by atoms with van der Waals surface area (Å²) in [6.45, 7) is 9.49. The van der Waals surface area contributed by atoms with Crippen LogP contribution in [-0.4, -0.2) is 19.1 Å². The Morgan fingerprint density at radius 3 is 2.48 bits per heavy atom. The highest BCUT2D eigenvalue weighted by molar-refractivity contribution is 9.10. The molecule has 4 nitrogen and oxygen atoms in total. The first kappa shape index (κ1) is 16.4. The molecule has 0 radical (unpaired) electrons. The standard InChI is InChI=1S/C18H22BrNO3/c1-10(2)7-11-16(18(11,3)4)17(21)20-13-9-15-14(8-12(13)19)22-5-6-23-15/h7-9,11,16H,5-6H2,1-4H3,(H,20,21)/t11-,16+/m0/s1. The third kappa shape index (κ3) is 3.11. The zero-order valence-corrected chi connectivity index (χ0v) is 15.5. The molecule has 1 N–H and O–H groups in total. The van der Waals surface area contributed by atoms with E-state index in [1.54, 1.807) is 0 Å². The Morgan fingerprint density at radius 2 is 1.87 bits per heavy atom. The van der Waals surface area contributed by atoms with E-state index < -0.39 is 0 Å². The van der Waals surface area contributed by atoms with Crippen molar-refractivity contribution >= 4 is 27.5 Å². The molecule has 1 heterocycles. The molecule has 1 amide bonds. The SMILES string of the molecule is CC(C)=C[C@H]1[C@H](C(=O)Nc2cc3c(cc2Br)OCCO3)C1(C)C. The second-order valence-electron chi connectivity index (χ2n) is 7.03. The van der Waals surface area contributed by atoms with Crippen LogP contribution in [0.4, 0.5) is 5.69 Å². The van der Waals surface area contributed by atoms with Crippen LogP contribution in [0.2, 0.25) is 0 Å². The molecular weight excluding hydrogens is 358 g/mol. The molecule has 23 heavy (non-hydrogen) atoms. The normalized spacial score (nSPS) is 23.9. The van der Waals surface area contributed by atoms with Gasteiger partial charge in [0.1, 0.15) is 13.2 Å². The smallest absolute Gasteiger partial charge is 0.228 e. The number of rotatable bonds is 3. The molecule has 1 aliphatic carbocycles. The number of carbonyl (C=O) groups excluding carboxylic acids is 1. The molecule has 2 atom stereocenters. The molecule has 1 aliphatic heterocycles. The van der Waals surface area contributed by atoms with Gasteiger partial charge in [-0.2, -0.15) is 0 Å². The van der Waals surface area contributed by atoms with E-state index in [0.29, 0.717) is 30.6 Å². The molecule has 0 unspecified atom stereocenters. The fourth-order valence-electron chi connectivity index (χ4n) is 3.22. The van der Waals surface area contributed by atoms with Crippen molar-refractivity contribution in [2.75, 3.05) is 18.5 Å². The quantitative estimate of drug-likeness (QED) is 0.791. The van der Waals surface area contributed by atoms with Gasteiger partial charge in [0.25, 0.3) is 0 Å². The number of allylic oxidation sites excluding steroid dienone is 2. The first-order valence-corrected chi connectivity index (χ1v) is 8.65. The van der Waals surface area contributed by atoms with Gasteiger partial charge < -0.3 is 14.8 Å². The van der Waals surface area contributed by atoms with Crippen LogP contribution < -0.4 is 14.8 Å². The summed E-state index contributed by atoms with van der Waals surface area (Å²) in [5.41, 5.74) is 1.97. The third-order valence-corrected chi connectivity index (χ3v) is 5.25. The number of fused-ring (bicyclic) bond motifs is 1. The monoisotopic (exact) mass is 379 g/mol. The molecule has 3 rings (SSSR count). The van der Waals surface area contributed by atoms with Crippen molar-refractivity contribution in [3.63, 3.8) is 0 Å². The van der Waals surface area contributed by atoms with Crippen LogP contribution in [0.1, 0.15) is 27.7 Å². The van der Waals surface area contributed by atoms with Gasteiger partial charge in [0.2, 0.25) is 5.91 Å². The van der Waals surface area contributed by atoms with Gasteiger partial charge in [-0.15, -0.1) is 0 Å². The van der Waals surface area contributed by atoms with Crippen molar-refractivity contribution in [3.8, 4) is 11.5 Å². The average Bonchev–Trinajstić information content (AvgIpc) is 2.99. The second kappa shape index (κ2) is 5.86. The molecular formula is C18H22BrNO3. The molecule has 2 aliphatic rings. The maximum absolute atomic E-state index is 12.7. The van der Waals surface area contributed by atoms with E-state index in [9.17, 15) is 4.79 Å². The Balaban J connectivity index is 1.78. The maximum atomic E-state index is 12.7. The van der Waals surface area contributed by atoms with E-state index in [-0.39, 0.29) is 17.2 Å². The van der Waals surface area contributed by atoms with Crippen LogP contribution in [0.25, 0.3) is 0 Å². The number of amides is 1. The molecule has 0 bridgehead atoms. The van der Waals surface area contributed by atoms with Crippen molar-refractivity contribution in [2.45, 2.75) is 27.7 Å². The number of benzene rings is 1. The number of nitrogens with one attached hydrogen (secondary N) is 1. The number of ether oxygens (including phenoxy) is 2. The Morgan fingerprint density at radius 1 is 1.26 bits per heavy atom. The molecule has 0 saturated heterocycles. The minimum absolute atomic E-state index is 0.00164. The van der Waals surface area contributed by atoms with Gasteiger partial charge in [-0.1, -0.05) is 25.5 Å². The lowest BCUT2D eigenvalue weighted by Gasteiger charge is -2.20. The highest BCUT2D eigenvalue weighted by atomic mass is 79.9. The summed E-state index contributed by atoms with van der Waals surface area (Å²) in [5.74, 6) is 1.72. The van der Waals surface area contributed by atoms with E-state index in [1.807, 2.05) is 12.1 Å². The lowest BCUT2D eigenvalue weighted by atomic mass is 10.1. The zero-order chi connectivity index (χ0) is 16.8. The lowest BCUT2D eigenvalue weighted by molar-refractivity contribution is -0.118. The van der Waals surface area contributed by atoms with E-state index in [4.69, 9.17) is 9.47 Å². The van der Waals surface area contributed by atoms with Crippen molar-refractivity contribution in [3.05, 3.63) is 28.3 Å². The highest BCUT2D eigenvalue weighted by Crippen LogP contribution is 2.59. The van der Waals surface area contributed by atoms with Gasteiger partial charge in [-0.25, -0.2) is 0 Å². The van der Waals surface area contributed by atoms with Crippen LogP contribution in [0.15, 0.2) is 28.3 Å². The van der Waals surface area contributed by atoms with Crippen molar-refractivity contribution in [2.24, 2.45) is 17.3 Å². The first-order valence-electron chi connectivity index (χ1n) is 7.85. The molecule has 0 spiro atoms. The summed E-state index contributed by atoms with van der Waals surface area (Å²) in [4.78, 5) is 12.7. The number of halogens is 1. The average molecular weight is 380 g/mol. The number of anilines is 1. The summed E-state index contributed by atoms with van der Waals surface area (Å²) < 4.78 is 11.9. The van der Waals surface area contributed by atoms with Gasteiger partial charge in [-0.3, -0.25) is 4.79 Å². The van der Waals surface area contributed by atoms with Gasteiger partial charge in [0.05, 0.1) is 11.6 Å². The van der Waals surface area contributed by atoms with Crippen LogP contribution in [-0.2, 0) is 4.79 Å². The van der Waals surface area contributed by atoms with Gasteiger partial charge in [-0.05, 0) is 41.1 Å². The highest BCUT2D eigenvalue weighted by Gasteiger charge is 2.60. The van der Waals surface area contributed by atoms with Crippen molar-refractivity contribution in [1.82, 2.24) is 0 Å². The summed E-state index contributed by atoms with van der Waals surface area (Å²) in [6.07, 6.45) is 2.20. The fourth-order valence-corrected chi connectivity index (χ4v) is 3.64. The minimum Gasteiger partial charge on any atom is -0.486 e. The predicted octanol–water partition coefficient (Wildman–Crippen LogP) is 4.40. The van der Waals surface area contributed by atoms with Gasteiger partial charge in [0.15, 0.2) is 11.5 Å². The Hall–Kier alpha value is -1.49. The van der Waals surface area contributed by atoms with Crippen LogP contribution in [0, 0.1) is 17.3 Å². The lowest BCUT2D eigenvalue weighted by Crippen LogP contribution is -2.19. The van der Waals surface area contributed by atoms with E-state index >= 15 is 0 Å². The molecule has 1 aromatic rings. The maximum Gasteiger partial charge on any atom is 0.228 e. The third-order valence-electron chi connectivity index (χ3n) is 4.60. The summed E-state index contributed by atoms with van der Waals surface area (Å²) >= 11 is 3.50. The topological polar surface area (TPSA) is 47.6 Å². The summed E-state index contributed by atoms with van der Waals surface area (Å²) in [6, 6.07) is 3.66. The predicted molar refractivity (Wildman–Crippen MR) is 94.0 cm³/mol. The Bertz CT molecular complexity index is 677. The van der Waals surface area contributed by atoms with Gasteiger partial charge >= 0.3 is 0 Å². The summed E-state index contributed by atoms with van der Waals surface area (Å²) in [7, 11) is 0.